The fourth-order valence-electron chi connectivity index (χ4n) is 13.8. The lowest BCUT2D eigenvalue weighted by atomic mass is 9.49. The van der Waals surface area contributed by atoms with E-state index < -0.39 is 17.9 Å². The van der Waals surface area contributed by atoms with E-state index in [1.165, 1.54) is 17.7 Å². The van der Waals surface area contributed by atoms with Crippen LogP contribution >= 0.6 is 0 Å². The van der Waals surface area contributed by atoms with Gasteiger partial charge in [-0.15, -0.1) is 0 Å². The molecule has 0 radical (unpaired) electrons. The number of hydrogen-bond donors (Lipinski definition) is 8. The zero-order valence-electron chi connectivity index (χ0n) is 39.8. The quantitative estimate of drug-likeness (QED) is 0.0345. The van der Waals surface area contributed by atoms with Gasteiger partial charge in [0.05, 0.1) is 6.10 Å². The van der Waals surface area contributed by atoms with Crippen molar-refractivity contribution in [2.24, 2.45) is 47.2 Å². The minimum atomic E-state index is -1.07. The summed E-state index contributed by atoms with van der Waals surface area (Å²) in [6.45, 7) is 4.47. The van der Waals surface area contributed by atoms with E-state index in [4.69, 9.17) is 15.2 Å². The SMILES string of the molecule is CC(C)CC[C@@H]1CCC[C@@](c2ccccc2)([C@H]2C[C@@H]3C[C@@H]4[C@@H](Cc5ccc(O)cc5O)C[C@@H](C(=O)CCc5ccc(O)c(OCN)c5)[C@H](O)[C@H]4[C@H]2c2cc(O)c(O)c(OCc4cccc(O)c4)c23)C1. The Kier molecular flexibility index (Phi) is 14.1. The Hall–Kier alpha value is -5.91. The van der Waals surface area contributed by atoms with Crippen molar-refractivity contribution < 1.29 is 50.0 Å². The van der Waals surface area contributed by atoms with Crippen LogP contribution in [-0.4, -0.2) is 54.4 Å². The van der Waals surface area contributed by atoms with Crippen molar-refractivity contribution in [1.82, 2.24) is 0 Å². The van der Waals surface area contributed by atoms with Crippen LogP contribution in [0.25, 0.3) is 0 Å². The Balaban J connectivity index is 1.20. The molecule has 11 nitrogen and oxygen atoms in total. The monoisotopic (exact) mass is 939 g/mol. The summed E-state index contributed by atoms with van der Waals surface area (Å²) in [7, 11) is 0. The number of nitrogens with two attached hydrogens (primary N) is 1. The van der Waals surface area contributed by atoms with Crippen molar-refractivity contribution in [1.29, 1.82) is 0 Å². The highest BCUT2D eigenvalue weighted by Gasteiger charge is 2.61. The van der Waals surface area contributed by atoms with Crippen LogP contribution in [0.5, 0.6) is 46.0 Å². The first-order valence-electron chi connectivity index (χ1n) is 25.2. The summed E-state index contributed by atoms with van der Waals surface area (Å²) in [5.41, 5.74) is 10.4. The third kappa shape index (κ3) is 9.69. The average molecular weight is 940 g/mol. The second kappa shape index (κ2) is 20.2. The molecule has 3 saturated carbocycles. The van der Waals surface area contributed by atoms with Crippen LogP contribution in [0.2, 0.25) is 0 Å². The molecule has 0 amide bonds. The molecule has 0 saturated heterocycles. The van der Waals surface area contributed by atoms with Gasteiger partial charge >= 0.3 is 0 Å². The highest BCUT2D eigenvalue weighted by atomic mass is 16.5. The van der Waals surface area contributed by atoms with Crippen molar-refractivity contribution in [3.63, 3.8) is 0 Å². The van der Waals surface area contributed by atoms with Gasteiger partial charge in [0.2, 0.25) is 5.75 Å². The number of phenolic OH excluding ortho intramolecular Hbond substituents is 6. The van der Waals surface area contributed by atoms with Crippen LogP contribution in [0, 0.1) is 41.4 Å². The number of ketones is 1. The average Bonchev–Trinajstić information content (AvgIpc) is 3.60. The number of aromatic hydroxyl groups is 6. The standard InChI is InChI=1S/C58H69NO10/c1-33(2)13-14-35-9-7-21-58(30-35,40-10-4-3-5-11-40)46-27-39-26-43-38(24-37-17-18-42(61)28-49(37)64)25-44(47(62)19-15-34-16-20-48(63)51(23-34)69-32-59)55(66)54(43)53(46)45-29-50(65)56(67)57(52(39)45)68-31-36-8-6-12-41(60)22-36/h3-6,8,10-12,16-18,20,22-23,28-29,33,35,38-39,43-44,46,53-55,60-61,63-67H,7,9,13-15,19,21,24-27,30-32,59H2,1-2H3/t35-,38-,39-,43+,44-,46-,53-,54+,55-,58+/m0/s1. The number of phenols is 6. The summed E-state index contributed by atoms with van der Waals surface area (Å²) in [6, 6.07) is 29.0. The van der Waals surface area contributed by atoms with Crippen molar-refractivity contribution in [2.45, 2.75) is 121 Å². The molecule has 0 unspecified atom stereocenters. The summed E-state index contributed by atoms with van der Waals surface area (Å²) in [6.07, 6.45) is 7.90. The maximum atomic E-state index is 15.0. The van der Waals surface area contributed by atoms with Crippen LogP contribution in [0.3, 0.4) is 0 Å². The minimum Gasteiger partial charge on any atom is -0.508 e. The third-order valence-electron chi connectivity index (χ3n) is 16.8. The predicted octanol–water partition coefficient (Wildman–Crippen LogP) is 10.6. The Morgan fingerprint density at radius 1 is 0.812 bits per heavy atom. The van der Waals surface area contributed by atoms with Gasteiger partial charge in [0, 0.05) is 24.0 Å². The Labute approximate surface area is 405 Å². The molecule has 0 spiro atoms. The summed E-state index contributed by atoms with van der Waals surface area (Å²) < 4.78 is 12.0. The molecule has 2 bridgehead atoms. The second-order valence-corrected chi connectivity index (χ2v) is 21.2. The number of carbonyl (C=O) groups excluding carboxylic acids is 1. The maximum absolute atomic E-state index is 15.0. The van der Waals surface area contributed by atoms with Crippen molar-refractivity contribution in [3.8, 4) is 46.0 Å². The van der Waals surface area contributed by atoms with Gasteiger partial charge in [-0.3, -0.25) is 10.5 Å². The van der Waals surface area contributed by atoms with Gasteiger partial charge in [0.15, 0.2) is 23.0 Å². The van der Waals surface area contributed by atoms with E-state index in [0.29, 0.717) is 48.6 Å². The molecule has 5 aromatic rings. The van der Waals surface area contributed by atoms with Crippen LogP contribution in [0.1, 0.15) is 123 Å². The number of ether oxygens (including phenoxy) is 2. The van der Waals surface area contributed by atoms with E-state index >= 15 is 0 Å². The summed E-state index contributed by atoms with van der Waals surface area (Å²) in [4.78, 5) is 15.0. The summed E-state index contributed by atoms with van der Waals surface area (Å²) in [5.74, 6) is -1.45. The van der Waals surface area contributed by atoms with E-state index in [1.54, 1.807) is 48.5 Å². The molecule has 11 heteroatoms. The van der Waals surface area contributed by atoms with Crippen LogP contribution in [0.15, 0.2) is 97.1 Å². The molecule has 10 atom stereocenters. The first-order chi connectivity index (χ1) is 33.2. The molecule has 5 aromatic carbocycles. The van der Waals surface area contributed by atoms with E-state index in [9.17, 15) is 40.5 Å². The predicted molar refractivity (Wildman–Crippen MR) is 264 cm³/mol. The topological polar surface area (TPSA) is 203 Å². The van der Waals surface area contributed by atoms with Crippen LogP contribution in [0.4, 0.5) is 0 Å². The van der Waals surface area contributed by atoms with E-state index in [1.807, 2.05) is 6.07 Å². The molecule has 9 N–H and O–H groups in total. The minimum absolute atomic E-state index is 0.0266. The molecule has 5 aliphatic rings. The van der Waals surface area contributed by atoms with Gasteiger partial charge in [-0.05, 0) is 162 Å². The van der Waals surface area contributed by atoms with Crippen LogP contribution in [-0.2, 0) is 29.7 Å². The number of benzene rings is 5. The number of carbonyl (C=O) groups is 1. The fraction of sp³-hybridized carbons (Fsp3) is 0.466. The Bertz CT molecular complexity index is 2620. The fourth-order valence-corrected chi connectivity index (χ4v) is 13.8. The second-order valence-electron chi connectivity index (χ2n) is 21.2. The highest BCUT2D eigenvalue weighted by molar-refractivity contribution is 5.82. The molecule has 3 fully saturated rings. The number of rotatable bonds is 16. The molecule has 0 aromatic heterocycles. The molecule has 5 aliphatic carbocycles. The first-order valence-corrected chi connectivity index (χ1v) is 25.2. The largest absolute Gasteiger partial charge is 0.508 e. The lowest BCUT2D eigenvalue weighted by Gasteiger charge is -2.55. The van der Waals surface area contributed by atoms with Gasteiger partial charge in [-0.25, -0.2) is 0 Å². The maximum Gasteiger partial charge on any atom is 0.200 e. The van der Waals surface area contributed by atoms with Crippen molar-refractivity contribution in [3.05, 3.63) is 130 Å². The zero-order valence-corrected chi connectivity index (χ0v) is 39.8. The molecule has 69 heavy (non-hydrogen) atoms. The number of aliphatic hydroxyl groups is 1. The normalized spacial score (nSPS) is 27.3. The number of aliphatic hydroxyl groups excluding tert-OH is 1. The smallest absolute Gasteiger partial charge is 0.200 e. The molecule has 0 aliphatic heterocycles. The molecular weight excluding hydrogens is 871 g/mol. The third-order valence-corrected chi connectivity index (χ3v) is 16.8. The first kappa shape index (κ1) is 48.1. The number of hydrogen-bond acceptors (Lipinski definition) is 11. The van der Waals surface area contributed by atoms with Gasteiger partial charge in [0.1, 0.15) is 36.4 Å². The van der Waals surface area contributed by atoms with Crippen LogP contribution < -0.4 is 15.2 Å². The highest BCUT2D eigenvalue weighted by Crippen LogP contribution is 2.68. The zero-order chi connectivity index (χ0) is 48.6. The molecular formula is C58H69NO10. The lowest BCUT2D eigenvalue weighted by molar-refractivity contribution is -0.136. The molecule has 0 heterocycles. The van der Waals surface area contributed by atoms with Crippen molar-refractivity contribution >= 4 is 5.78 Å². The summed E-state index contributed by atoms with van der Waals surface area (Å²) >= 11 is 0. The lowest BCUT2D eigenvalue weighted by Crippen LogP contribution is -2.52. The summed E-state index contributed by atoms with van der Waals surface area (Å²) in [5, 5.41) is 79.3. The van der Waals surface area contributed by atoms with Crippen molar-refractivity contribution in [2.75, 3.05) is 6.73 Å². The van der Waals surface area contributed by atoms with E-state index in [2.05, 4.69) is 44.2 Å². The number of aryl methyl sites for hydroxylation is 1. The van der Waals surface area contributed by atoms with Gasteiger partial charge in [-0.2, -0.15) is 0 Å². The number of Topliss-reactive ketones (excluding diaryl/α,β-unsaturated/α-hetero) is 1. The number of fused-ring (bicyclic) bond motifs is 1. The van der Waals surface area contributed by atoms with E-state index in [0.717, 1.165) is 61.6 Å². The Morgan fingerprint density at radius 2 is 1.61 bits per heavy atom. The van der Waals surface area contributed by atoms with E-state index in [-0.39, 0.29) is 107 Å². The van der Waals surface area contributed by atoms with Gasteiger partial charge in [0.25, 0.3) is 0 Å². The van der Waals surface area contributed by atoms with Gasteiger partial charge in [-0.1, -0.05) is 94.1 Å². The molecule has 366 valence electrons. The Morgan fingerprint density at radius 3 is 2.36 bits per heavy atom. The molecule has 10 rings (SSSR count). The van der Waals surface area contributed by atoms with Gasteiger partial charge < -0.3 is 45.2 Å².